The van der Waals surface area contributed by atoms with Crippen molar-refractivity contribution in [3.63, 3.8) is 0 Å². The van der Waals surface area contributed by atoms with Gasteiger partial charge in [0.25, 0.3) is 15.0 Å². The highest BCUT2D eigenvalue weighted by molar-refractivity contribution is 8.13. The summed E-state index contributed by atoms with van der Waals surface area (Å²) in [5, 5.41) is 2.88. The molecule has 116 valence electrons. The van der Waals surface area contributed by atoms with Gasteiger partial charge < -0.3 is 5.32 Å². The molecule has 0 spiro atoms. The molecule has 1 aliphatic rings. The van der Waals surface area contributed by atoms with E-state index in [4.69, 9.17) is 10.7 Å². The van der Waals surface area contributed by atoms with Crippen LogP contribution in [0.3, 0.4) is 0 Å². The summed E-state index contributed by atoms with van der Waals surface area (Å²) < 4.78 is 22.3. The lowest BCUT2D eigenvalue weighted by molar-refractivity contribution is 0.0950. The topological polar surface area (TPSA) is 63.2 Å². The van der Waals surface area contributed by atoms with E-state index in [2.05, 4.69) is 5.32 Å². The molecule has 2 rings (SSSR count). The third-order valence-electron chi connectivity index (χ3n) is 3.96. The minimum Gasteiger partial charge on any atom is -0.352 e. The van der Waals surface area contributed by atoms with Gasteiger partial charge in [-0.15, -0.1) is 0 Å². The van der Waals surface area contributed by atoms with Crippen LogP contribution < -0.4 is 5.32 Å². The first-order chi connectivity index (χ1) is 9.97. The summed E-state index contributed by atoms with van der Waals surface area (Å²) in [6, 6.07) is 5.65. The Morgan fingerprint density at radius 3 is 2.33 bits per heavy atom. The van der Waals surface area contributed by atoms with Crippen molar-refractivity contribution in [3.8, 4) is 0 Å². The highest BCUT2D eigenvalue weighted by Gasteiger charge is 2.14. The van der Waals surface area contributed by atoms with Gasteiger partial charge in [-0.3, -0.25) is 4.79 Å². The lowest BCUT2D eigenvalue weighted by atomic mass is 9.87. The molecule has 0 heterocycles. The number of carbonyl (C=O) groups is 1. The number of hydrogen-bond donors (Lipinski definition) is 1. The second-order valence-electron chi connectivity index (χ2n) is 5.51. The molecule has 0 atom stereocenters. The molecule has 6 heteroatoms. The second kappa shape index (κ2) is 7.27. The minimum absolute atomic E-state index is 0.00271. The normalized spacial score (nSPS) is 16.6. The fourth-order valence-corrected chi connectivity index (χ4v) is 3.51. The van der Waals surface area contributed by atoms with E-state index in [-0.39, 0.29) is 10.8 Å². The molecule has 1 fully saturated rings. The SMILES string of the molecule is O=C(NCCC1CCCCC1)c1ccc(S(=O)(=O)Cl)cc1. The van der Waals surface area contributed by atoms with Gasteiger partial charge in [0.15, 0.2) is 0 Å². The molecule has 0 radical (unpaired) electrons. The molecule has 1 aromatic carbocycles. The monoisotopic (exact) mass is 329 g/mol. The van der Waals surface area contributed by atoms with Crippen LogP contribution in [0.5, 0.6) is 0 Å². The molecule has 0 aromatic heterocycles. The molecule has 1 aromatic rings. The summed E-state index contributed by atoms with van der Waals surface area (Å²) in [6.45, 7) is 0.666. The lowest BCUT2D eigenvalue weighted by Gasteiger charge is -2.21. The van der Waals surface area contributed by atoms with Gasteiger partial charge in [0.2, 0.25) is 0 Å². The van der Waals surface area contributed by atoms with Gasteiger partial charge >= 0.3 is 0 Å². The van der Waals surface area contributed by atoms with E-state index < -0.39 is 9.05 Å². The molecule has 1 aliphatic carbocycles. The van der Waals surface area contributed by atoms with Crippen molar-refractivity contribution < 1.29 is 13.2 Å². The Hall–Kier alpha value is -1.07. The largest absolute Gasteiger partial charge is 0.352 e. The number of nitrogens with one attached hydrogen (secondary N) is 1. The first kappa shape index (κ1) is 16.3. The smallest absolute Gasteiger partial charge is 0.261 e. The van der Waals surface area contributed by atoms with Crippen LogP contribution in [0.1, 0.15) is 48.9 Å². The van der Waals surface area contributed by atoms with Crippen molar-refractivity contribution in [2.75, 3.05) is 6.54 Å². The van der Waals surface area contributed by atoms with Crippen molar-refractivity contribution >= 4 is 25.6 Å². The van der Waals surface area contributed by atoms with Crippen molar-refractivity contribution in [3.05, 3.63) is 29.8 Å². The molecule has 0 unspecified atom stereocenters. The number of hydrogen-bond acceptors (Lipinski definition) is 3. The molecular formula is C15H20ClNO3S. The van der Waals surface area contributed by atoms with Crippen LogP contribution in [-0.4, -0.2) is 20.9 Å². The van der Waals surface area contributed by atoms with Crippen molar-refractivity contribution in [1.82, 2.24) is 5.32 Å². The molecule has 1 saturated carbocycles. The molecule has 21 heavy (non-hydrogen) atoms. The van der Waals surface area contributed by atoms with Gasteiger partial charge in [-0.2, -0.15) is 0 Å². The summed E-state index contributed by atoms with van der Waals surface area (Å²) in [7, 11) is 1.50. The summed E-state index contributed by atoms with van der Waals surface area (Å²) in [5.41, 5.74) is 0.447. The molecule has 0 saturated heterocycles. The van der Waals surface area contributed by atoms with E-state index in [0.717, 1.165) is 12.3 Å². The lowest BCUT2D eigenvalue weighted by Crippen LogP contribution is -2.26. The number of amides is 1. The molecule has 0 aliphatic heterocycles. The predicted molar refractivity (Wildman–Crippen MR) is 83.0 cm³/mol. The molecule has 1 N–H and O–H groups in total. The van der Waals surface area contributed by atoms with E-state index in [1.165, 1.54) is 56.4 Å². The van der Waals surface area contributed by atoms with Crippen molar-refractivity contribution in [2.24, 2.45) is 5.92 Å². The van der Waals surface area contributed by atoms with Crippen LogP contribution >= 0.6 is 10.7 Å². The van der Waals surface area contributed by atoms with Crippen molar-refractivity contribution in [1.29, 1.82) is 0 Å². The van der Waals surface area contributed by atoms with Gasteiger partial charge in [0, 0.05) is 22.8 Å². The van der Waals surface area contributed by atoms with E-state index >= 15 is 0 Å². The number of benzene rings is 1. The first-order valence-electron chi connectivity index (χ1n) is 7.30. The molecule has 4 nitrogen and oxygen atoms in total. The average molecular weight is 330 g/mol. The van der Waals surface area contributed by atoms with Gasteiger partial charge in [0.05, 0.1) is 4.90 Å². The predicted octanol–water partition coefficient (Wildman–Crippen LogP) is 3.31. The van der Waals surface area contributed by atoms with Crippen LogP contribution in [0.2, 0.25) is 0 Å². The van der Waals surface area contributed by atoms with Gasteiger partial charge in [-0.25, -0.2) is 8.42 Å². The fraction of sp³-hybridized carbons (Fsp3) is 0.533. The van der Waals surface area contributed by atoms with E-state index in [0.29, 0.717) is 12.1 Å². The first-order valence-corrected chi connectivity index (χ1v) is 9.60. The quantitative estimate of drug-likeness (QED) is 0.843. The Morgan fingerprint density at radius 1 is 1.14 bits per heavy atom. The fourth-order valence-electron chi connectivity index (χ4n) is 2.74. The van der Waals surface area contributed by atoms with Gasteiger partial charge in [0.1, 0.15) is 0 Å². The maximum absolute atomic E-state index is 12.0. The van der Waals surface area contributed by atoms with E-state index in [1.54, 1.807) is 0 Å². The van der Waals surface area contributed by atoms with Crippen LogP contribution in [0, 0.1) is 5.92 Å². The van der Waals surface area contributed by atoms with Crippen LogP contribution in [-0.2, 0) is 9.05 Å². The maximum Gasteiger partial charge on any atom is 0.261 e. The summed E-state index contributed by atoms with van der Waals surface area (Å²) in [4.78, 5) is 12.0. The standard InChI is InChI=1S/C15H20ClNO3S/c16-21(19,20)14-8-6-13(7-9-14)15(18)17-11-10-12-4-2-1-3-5-12/h6-9,12H,1-5,10-11H2,(H,17,18). The Kier molecular flexibility index (Phi) is 5.65. The van der Waals surface area contributed by atoms with Crippen molar-refractivity contribution in [2.45, 2.75) is 43.4 Å². The summed E-state index contributed by atoms with van der Waals surface area (Å²) >= 11 is 0. The third-order valence-corrected chi connectivity index (χ3v) is 5.33. The minimum atomic E-state index is -3.74. The second-order valence-corrected chi connectivity index (χ2v) is 8.08. The van der Waals surface area contributed by atoms with Crippen LogP contribution in [0.4, 0.5) is 0 Å². The van der Waals surface area contributed by atoms with E-state index in [9.17, 15) is 13.2 Å². The maximum atomic E-state index is 12.0. The number of carbonyl (C=O) groups excluding carboxylic acids is 1. The zero-order chi connectivity index (χ0) is 15.3. The molecule has 1 amide bonds. The summed E-state index contributed by atoms with van der Waals surface area (Å²) in [6.07, 6.45) is 7.47. The zero-order valence-corrected chi connectivity index (χ0v) is 13.4. The molecule has 0 bridgehead atoms. The number of halogens is 1. The Balaban J connectivity index is 1.83. The Bertz CT molecular complexity index is 577. The number of rotatable bonds is 5. The Labute approximate surface area is 130 Å². The Morgan fingerprint density at radius 2 is 1.76 bits per heavy atom. The van der Waals surface area contributed by atoms with Gasteiger partial charge in [-0.1, -0.05) is 32.1 Å². The highest BCUT2D eigenvalue weighted by Crippen LogP contribution is 2.25. The van der Waals surface area contributed by atoms with E-state index in [1.807, 2.05) is 0 Å². The molecular weight excluding hydrogens is 310 g/mol. The zero-order valence-electron chi connectivity index (χ0n) is 11.8. The summed E-state index contributed by atoms with van der Waals surface area (Å²) in [5.74, 6) is 0.548. The van der Waals surface area contributed by atoms with Gasteiger partial charge in [-0.05, 0) is 36.6 Å². The average Bonchev–Trinajstić information content (AvgIpc) is 2.47. The third kappa shape index (κ3) is 5.00. The van der Waals surface area contributed by atoms with Crippen LogP contribution in [0.15, 0.2) is 29.2 Å². The van der Waals surface area contributed by atoms with Crippen LogP contribution in [0.25, 0.3) is 0 Å². The highest BCUT2D eigenvalue weighted by atomic mass is 35.7.